The quantitative estimate of drug-likeness (QED) is 0.381. The number of aliphatic hydroxyl groups excluding tert-OH is 1. The Morgan fingerprint density at radius 2 is 1.68 bits per heavy atom. The first-order valence-corrected chi connectivity index (χ1v) is 11.3. The molecule has 1 amide bonds. The van der Waals surface area contributed by atoms with Crippen molar-refractivity contribution in [2.75, 3.05) is 53.6 Å². The first-order chi connectivity index (χ1) is 16.4. The Morgan fingerprint density at radius 3 is 2.32 bits per heavy atom. The summed E-state index contributed by atoms with van der Waals surface area (Å²) in [5.74, 6) is -0.488. The van der Waals surface area contributed by atoms with Gasteiger partial charge in [0.1, 0.15) is 5.76 Å². The van der Waals surface area contributed by atoms with Crippen LogP contribution in [0.4, 0.5) is 0 Å². The number of likely N-dealkylation sites (tertiary alicyclic amines) is 1. The minimum atomic E-state index is -0.748. The van der Waals surface area contributed by atoms with E-state index in [-0.39, 0.29) is 11.3 Å². The zero-order valence-electron chi connectivity index (χ0n) is 19.7. The van der Waals surface area contributed by atoms with Crippen LogP contribution in [0.5, 0.6) is 11.5 Å². The molecule has 0 spiro atoms. The van der Waals surface area contributed by atoms with Gasteiger partial charge in [0.2, 0.25) is 0 Å². The maximum Gasteiger partial charge on any atom is 0.295 e. The Morgan fingerprint density at radius 1 is 1.00 bits per heavy atom. The second-order valence-electron chi connectivity index (χ2n) is 8.43. The fourth-order valence-electron chi connectivity index (χ4n) is 4.42. The maximum atomic E-state index is 13.2. The number of ether oxygens (including phenoxy) is 3. The molecule has 0 aliphatic carbocycles. The van der Waals surface area contributed by atoms with E-state index in [0.29, 0.717) is 48.9 Å². The number of aryl methyl sites for hydroxylation is 1. The predicted octanol–water partition coefficient (Wildman–Crippen LogP) is 2.77. The minimum Gasteiger partial charge on any atom is -0.507 e. The van der Waals surface area contributed by atoms with Crippen molar-refractivity contribution in [3.63, 3.8) is 0 Å². The topological polar surface area (TPSA) is 88.5 Å². The normalized spacial score (nSPS) is 20.6. The molecule has 2 aliphatic rings. The molecule has 1 atom stereocenters. The predicted molar refractivity (Wildman–Crippen MR) is 127 cm³/mol. The highest BCUT2D eigenvalue weighted by Gasteiger charge is 2.46. The number of amides is 1. The fourth-order valence-corrected chi connectivity index (χ4v) is 4.42. The highest BCUT2D eigenvalue weighted by Crippen LogP contribution is 2.41. The third-order valence-electron chi connectivity index (χ3n) is 6.35. The van der Waals surface area contributed by atoms with Crippen LogP contribution in [0.3, 0.4) is 0 Å². The van der Waals surface area contributed by atoms with Crippen molar-refractivity contribution >= 4 is 17.4 Å². The van der Waals surface area contributed by atoms with E-state index >= 15 is 0 Å². The lowest BCUT2D eigenvalue weighted by molar-refractivity contribution is -0.140. The monoisotopic (exact) mass is 466 g/mol. The summed E-state index contributed by atoms with van der Waals surface area (Å²) in [6.45, 7) is 5.72. The molecule has 4 rings (SSSR count). The van der Waals surface area contributed by atoms with Crippen LogP contribution in [0.25, 0.3) is 5.76 Å². The molecule has 2 aliphatic heterocycles. The summed E-state index contributed by atoms with van der Waals surface area (Å²) in [5, 5.41) is 11.2. The standard InChI is InChI=1S/C26H30N2O6/c1-17-4-6-18(7-5-17)24(29)22-23(19-8-9-20(32-2)21(16-19)33-3)28(26(31)25(22)30)11-10-27-12-14-34-15-13-27/h4-9,16,23,29H,10-15H2,1-3H3/t23-/m0/s1. The second-order valence-corrected chi connectivity index (χ2v) is 8.43. The number of carbonyl (C=O) groups excluding carboxylic acids is 2. The van der Waals surface area contributed by atoms with E-state index in [2.05, 4.69) is 4.90 Å². The fraction of sp³-hybridized carbons (Fsp3) is 0.385. The largest absolute Gasteiger partial charge is 0.507 e. The van der Waals surface area contributed by atoms with E-state index in [1.54, 1.807) is 42.3 Å². The number of nitrogens with zero attached hydrogens (tertiary/aromatic N) is 2. The molecule has 1 N–H and O–H groups in total. The van der Waals surface area contributed by atoms with Crippen LogP contribution in [-0.4, -0.2) is 80.2 Å². The van der Waals surface area contributed by atoms with E-state index in [1.807, 2.05) is 19.1 Å². The van der Waals surface area contributed by atoms with Crippen LogP contribution < -0.4 is 9.47 Å². The summed E-state index contributed by atoms with van der Waals surface area (Å²) < 4.78 is 16.2. The smallest absolute Gasteiger partial charge is 0.295 e. The number of Topliss-reactive ketones (excluding diaryl/α,β-unsaturated/α-hetero) is 1. The van der Waals surface area contributed by atoms with E-state index in [9.17, 15) is 14.7 Å². The molecule has 0 radical (unpaired) electrons. The van der Waals surface area contributed by atoms with Gasteiger partial charge in [-0.3, -0.25) is 14.5 Å². The highest BCUT2D eigenvalue weighted by atomic mass is 16.5. The van der Waals surface area contributed by atoms with Crippen molar-refractivity contribution in [2.24, 2.45) is 0 Å². The average Bonchev–Trinajstić information content (AvgIpc) is 3.12. The summed E-state index contributed by atoms with van der Waals surface area (Å²) >= 11 is 0. The molecule has 0 unspecified atom stereocenters. The Balaban J connectivity index is 1.77. The highest BCUT2D eigenvalue weighted by molar-refractivity contribution is 6.46. The summed E-state index contributed by atoms with van der Waals surface area (Å²) in [5.41, 5.74) is 2.25. The molecular formula is C26H30N2O6. The summed E-state index contributed by atoms with van der Waals surface area (Å²) in [6, 6.07) is 11.7. The number of carbonyl (C=O) groups is 2. The molecule has 2 aromatic rings. The molecule has 2 aromatic carbocycles. The van der Waals surface area contributed by atoms with Crippen LogP contribution >= 0.6 is 0 Å². The van der Waals surface area contributed by atoms with Crippen molar-refractivity contribution < 1.29 is 28.9 Å². The number of ketones is 1. The van der Waals surface area contributed by atoms with Gasteiger partial charge in [-0.15, -0.1) is 0 Å². The average molecular weight is 467 g/mol. The lowest BCUT2D eigenvalue weighted by Gasteiger charge is -2.31. The third kappa shape index (κ3) is 4.64. The Labute approximate surface area is 199 Å². The Hall–Kier alpha value is -3.36. The van der Waals surface area contributed by atoms with Crippen molar-refractivity contribution in [1.82, 2.24) is 9.80 Å². The van der Waals surface area contributed by atoms with Crippen LogP contribution in [-0.2, 0) is 14.3 Å². The third-order valence-corrected chi connectivity index (χ3v) is 6.35. The number of morpholine rings is 1. The molecule has 0 bridgehead atoms. The molecule has 8 nitrogen and oxygen atoms in total. The van der Waals surface area contributed by atoms with Crippen LogP contribution in [0.1, 0.15) is 22.7 Å². The van der Waals surface area contributed by atoms with Crippen LogP contribution in [0.2, 0.25) is 0 Å². The van der Waals surface area contributed by atoms with Gasteiger partial charge in [0.25, 0.3) is 11.7 Å². The van der Waals surface area contributed by atoms with E-state index in [4.69, 9.17) is 14.2 Å². The number of benzene rings is 2. The Bertz CT molecular complexity index is 1090. The van der Waals surface area contributed by atoms with Crippen molar-refractivity contribution in [3.05, 3.63) is 64.7 Å². The van der Waals surface area contributed by atoms with Crippen molar-refractivity contribution in [3.8, 4) is 11.5 Å². The van der Waals surface area contributed by atoms with Gasteiger partial charge in [0.05, 0.1) is 39.0 Å². The van der Waals surface area contributed by atoms with Crippen molar-refractivity contribution in [2.45, 2.75) is 13.0 Å². The zero-order valence-corrected chi connectivity index (χ0v) is 19.7. The molecule has 0 aromatic heterocycles. The number of hydrogen-bond acceptors (Lipinski definition) is 7. The Kier molecular flexibility index (Phi) is 7.19. The SMILES string of the molecule is COc1ccc([C@H]2C(=C(O)c3ccc(C)cc3)C(=O)C(=O)N2CCN2CCOCC2)cc1OC. The van der Waals surface area contributed by atoms with Gasteiger partial charge in [-0.2, -0.15) is 0 Å². The maximum absolute atomic E-state index is 13.2. The molecule has 2 fully saturated rings. The van der Waals surface area contributed by atoms with Gasteiger partial charge in [-0.1, -0.05) is 35.9 Å². The van der Waals surface area contributed by atoms with E-state index in [0.717, 1.165) is 18.7 Å². The zero-order chi connectivity index (χ0) is 24.2. The van der Waals surface area contributed by atoms with Gasteiger partial charge >= 0.3 is 0 Å². The molecule has 2 saturated heterocycles. The summed E-state index contributed by atoms with van der Waals surface area (Å²) in [4.78, 5) is 30.1. The molecule has 0 saturated carbocycles. The molecule has 2 heterocycles. The van der Waals surface area contributed by atoms with Gasteiger partial charge in [-0.25, -0.2) is 0 Å². The lowest BCUT2D eigenvalue weighted by atomic mass is 9.94. The number of aliphatic hydroxyl groups is 1. The first kappa shape index (κ1) is 23.8. The molecular weight excluding hydrogens is 436 g/mol. The van der Waals surface area contributed by atoms with Gasteiger partial charge in [-0.05, 0) is 24.6 Å². The van der Waals surface area contributed by atoms with Gasteiger partial charge in [0, 0.05) is 31.7 Å². The summed E-state index contributed by atoms with van der Waals surface area (Å²) in [7, 11) is 3.08. The lowest BCUT2D eigenvalue weighted by Crippen LogP contribution is -2.42. The van der Waals surface area contributed by atoms with E-state index < -0.39 is 17.7 Å². The first-order valence-electron chi connectivity index (χ1n) is 11.3. The number of methoxy groups -OCH3 is 2. The van der Waals surface area contributed by atoms with Gasteiger partial charge < -0.3 is 24.2 Å². The van der Waals surface area contributed by atoms with Crippen LogP contribution in [0.15, 0.2) is 48.0 Å². The summed E-state index contributed by atoms with van der Waals surface area (Å²) in [6.07, 6.45) is 0. The minimum absolute atomic E-state index is 0.0723. The van der Waals surface area contributed by atoms with Crippen LogP contribution in [0, 0.1) is 6.92 Å². The number of hydrogen-bond donors (Lipinski definition) is 1. The second kappa shape index (κ2) is 10.3. The van der Waals surface area contributed by atoms with Gasteiger partial charge in [0.15, 0.2) is 11.5 Å². The number of rotatable bonds is 7. The van der Waals surface area contributed by atoms with E-state index in [1.165, 1.54) is 7.11 Å². The molecule has 8 heteroatoms. The molecule has 34 heavy (non-hydrogen) atoms. The molecule has 180 valence electrons. The van der Waals surface area contributed by atoms with Crippen molar-refractivity contribution in [1.29, 1.82) is 0 Å².